The summed E-state index contributed by atoms with van der Waals surface area (Å²) in [6.07, 6.45) is 2.75. The quantitative estimate of drug-likeness (QED) is 0.764. The first-order chi connectivity index (χ1) is 9.29. The lowest BCUT2D eigenvalue weighted by Crippen LogP contribution is -1.98. The Morgan fingerprint density at radius 1 is 1.05 bits per heavy atom. The van der Waals surface area contributed by atoms with Crippen molar-refractivity contribution in [1.29, 1.82) is 0 Å². The number of nitrogens with zero attached hydrogens (tertiary/aromatic N) is 3. The van der Waals surface area contributed by atoms with Crippen LogP contribution in [0.5, 0.6) is 0 Å². The first-order valence-electron chi connectivity index (χ1n) is 5.83. The molecule has 1 N–H and O–H groups in total. The Morgan fingerprint density at radius 3 is 2.58 bits per heavy atom. The molecule has 0 aliphatic heterocycles. The molecule has 3 aromatic rings. The van der Waals surface area contributed by atoms with Crippen LogP contribution in [0.2, 0.25) is 0 Å². The van der Waals surface area contributed by atoms with E-state index in [1.54, 1.807) is 13.2 Å². The molecule has 3 rings (SSSR count). The van der Waals surface area contributed by atoms with Crippen molar-refractivity contribution >= 4 is 16.6 Å². The van der Waals surface area contributed by atoms with E-state index in [1.807, 2.05) is 24.3 Å². The predicted molar refractivity (Wildman–Crippen MR) is 72.3 cm³/mol. The smallest absolute Gasteiger partial charge is 0.156 e. The molecule has 2 heterocycles. The van der Waals surface area contributed by atoms with Gasteiger partial charge in [-0.25, -0.2) is 4.39 Å². The molecule has 5 heteroatoms. The highest BCUT2D eigenvalue weighted by atomic mass is 19.1. The van der Waals surface area contributed by atoms with Gasteiger partial charge in [0.1, 0.15) is 11.5 Å². The van der Waals surface area contributed by atoms with Gasteiger partial charge in [-0.1, -0.05) is 24.3 Å². The Labute approximate surface area is 109 Å². The SMILES string of the molecule is CNc1nnc(-c2cncc(F)c2)c2ccccc12. The van der Waals surface area contributed by atoms with Gasteiger partial charge in [-0.05, 0) is 6.07 Å². The largest absolute Gasteiger partial charge is 0.371 e. The van der Waals surface area contributed by atoms with E-state index in [1.165, 1.54) is 12.3 Å². The van der Waals surface area contributed by atoms with Crippen molar-refractivity contribution in [2.75, 3.05) is 12.4 Å². The molecule has 4 nitrogen and oxygen atoms in total. The van der Waals surface area contributed by atoms with Gasteiger partial charge in [-0.3, -0.25) is 4.98 Å². The van der Waals surface area contributed by atoms with E-state index in [0.29, 0.717) is 17.1 Å². The molecule has 0 radical (unpaired) electrons. The van der Waals surface area contributed by atoms with Crippen molar-refractivity contribution in [3.8, 4) is 11.3 Å². The molecule has 2 aromatic heterocycles. The number of benzene rings is 1. The summed E-state index contributed by atoms with van der Waals surface area (Å²) in [5.41, 5.74) is 1.24. The van der Waals surface area contributed by atoms with Crippen molar-refractivity contribution in [3.05, 3.63) is 48.5 Å². The molecule has 0 spiro atoms. The fourth-order valence-electron chi connectivity index (χ4n) is 2.04. The minimum absolute atomic E-state index is 0.388. The van der Waals surface area contributed by atoms with Gasteiger partial charge in [0.05, 0.1) is 6.20 Å². The second-order valence-electron chi connectivity index (χ2n) is 4.08. The molecule has 0 saturated carbocycles. The molecule has 0 saturated heterocycles. The van der Waals surface area contributed by atoms with Gasteiger partial charge in [-0.2, -0.15) is 0 Å². The van der Waals surface area contributed by atoms with Crippen LogP contribution in [0.25, 0.3) is 22.0 Å². The molecule has 0 atom stereocenters. The van der Waals surface area contributed by atoms with Crippen LogP contribution in [0.3, 0.4) is 0 Å². The number of fused-ring (bicyclic) bond motifs is 1. The van der Waals surface area contributed by atoms with E-state index in [2.05, 4.69) is 20.5 Å². The molecule has 0 amide bonds. The number of nitrogens with one attached hydrogen (secondary N) is 1. The fraction of sp³-hybridized carbons (Fsp3) is 0.0714. The maximum Gasteiger partial charge on any atom is 0.156 e. The minimum atomic E-state index is -0.388. The molecule has 1 aromatic carbocycles. The van der Waals surface area contributed by atoms with Gasteiger partial charge in [0.2, 0.25) is 0 Å². The first kappa shape index (κ1) is 11.5. The van der Waals surface area contributed by atoms with Crippen molar-refractivity contribution < 1.29 is 4.39 Å². The fourth-order valence-corrected chi connectivity index (χ4v) is 2.04. The number of pyridine rings is 1. The molecule has 0 aliphatic carbocycles. The lowest BCUT2D eigenvalue weighted by molar-refractivity contribution is 0.622. The molecule has 0 fully saturated rings. The average Bonchev–Trinajstić information content (AvgIpc) is 2.46. The van der Waals surface area contributed by atoms with E-state index in [0.717, 1.165) is 10.8 Å². The highest BCUT2D eigenvalue weighted by Crippen LogP contribution is 2.29. The zero-order valence-corrected chi connectivity index (χ0v) is 10.3. The Morgan fingerprint density at radius 2 is 1.84 bits per heavy atom. The summed E-state index contributed by atoms with van der Waals surface area (Å²) in [5.74, 6) is 0.310. The monoisotopic (exact) mass is 254 g/mol. The highest BCUT2D eigenvalue weighted by molar-refractivity contribution is 5.99. The van der Waals surface area contributed by atoms with E-state index >= 15 is 0 Å². The normalized spacial score (nSPS) is 10.6. The number of hydrogen-bond acceptors (Lipinski definition) is 4. The van der Waals surface area contributed by atoms with E-state index in [-0.39, 0.29) is 5.82 Å². The number of rotatable bonds is 2. The summed E-state index contributed by atoms with van der Waals surface area (Å²) >= 11 is 0. The van der Waals surface area contributed by atoms with E-state index < -0.39 is 0 Å². The van der Waals surface area contributed by atoms with Gasteiger partial charge in [0.15, 0.2) is 5.82 Å². The van der Waals surface area contributed by atoms with Crippen LogP contribution in [0, 0.1) is 5.82 Å². The Bertz CT molecular complexity index is 742. The van der Waals surface area contributed by atoms with Gasteiger partial charge in [0, 0.05) is 29.6 Å². The van der Waals surface area contributed by atoms with Crippen LogP contribution < -0.4 is 5.32 Å². The first-order valence-corrected chi connectivity index (χ1v) is 5.83. The molecule has 0 unspecified atom stereocenters. The third kappa shape index (κ3) is 1.99. The summed E-state index contributed by atoms with van der Waals surface area (Å²) in [7, 11) is 1.79. The lowest BCUT2D eigenvalue weighted by atomic mass is 10.1. The Kier molecular flexibility index (Phi) is 2.79. The van der Waals surface area contributed by atoms with Crippen molar-refractivity contribution in [3.63, 3.8) is 0 Å². The zero-order valence-electron chi connectivity index (χ0n) is 10.3. The average molecular weight is 254 g/mol. The van der Waals surface area contributed by atoms with Crippen LogP contribution in [0.1, 0.15) is 0 Å². The second-order valence-corrected chi connectivity index (χ2v) is 4.08. The third-order valence-corrected chi connectivity index (χ3v) is 2.90. The predicted octanol–water partition coefficient (Wildman–Crippen LogP) is 2.87. The standard InChI is InChI=1S/C14H11FN4/c1-16-14-12-5-3-2-4-11(12)13(18-19-14)9-6-10(15)8-17-7-9/h2-8H,1H3,(H,16,19). The van der Waals surface area contributed by atoms with E-state index in [4.69, 9.17) is 0 Å². The zero-order chi connectivity index (χ0) is 13.2. The second kappa shape index (κ2) is 4.61. The maximum absolute atomic E-state index is 13.3. The topological polar surface area (TPSA) is 50.7 Å². The molecular weight excluding hydrogens is 243 g/mol. The van der Waals surface area contributed by atoms with Crippen LogP contribution >= 0.6 is 0 Å². The van der Waals surface area contributed by atoms with Crippen molar-refractivity contribution in [1.82, 2.24) is 15.2 Å². The molecule has 0 bridgehead atoms. The molecule has 94 valence electrons. The van der Waals surface area contributed by atoms with Crippen LogP contribution in [-0.4, -0.2) is 22.2 Å². The highest BCUT2D eigenvalue weighted by Gasteiger charge is 2.10. The van der Waals surface area contributed by atoms with Gasteiger partial charge in [0.25, 0.3) is 0 Å². The van der Waals surface area contributed by atoms with Crippen LogP contribution in [0.15, 0.2) is 42.7 Å². The van der Waals surface area contributed by atoms with E-state index in [9.17, 15) is 4.39 Å². The van der Waals surface area contributed by atoms with Gasteiger partial charge < -0.3 is 5.32 Å². The van der Waals surface area contributed by atoms with Crippen LogP contribution in [0.4, 0.5) is 10.2 Å². The summed E-state index contributed by atoms with van der Waals surface area (Å²) < 4.78 is 13.3. The van der Waals surface area contributed by atoms with Crippen molar-refractivity contribution in [2.24, 2.45) is 0 Å². The van der Waals surface area contributed by atoms with Crippen LogP contribution in [-0.2, 0) is 0 Å². The Balaban J connectivity index is 2.31. The molecular formula is C14H11FN4. The summed E-state index contributed by atoms with van der Waals surface area (Å²) in [6, 6.07) is 9.14. The van der Waals surface area contributed by atoms with Gasteiger partial charge in [-0.15, -0.1) is 10.2 Å². The summed E-state index contributed by atoms with van der Waals surface area (Å²) in [4.78, 5) is 3.85. The lowest BCUT2D eigenvalue weighted by Gasteiger charge is -2.08. The Hall–Kier alpha value is -2.56. The number of halogens is 1. The van der Waals surface area contributed by atoms with Gasteiger partial charge >= 0.3 is 0 Å². The minimum Gasteiger partial charge on any atom is -0.371 e. The summed E-state index contributed by atoms with van der Waals surface area (Å²) in [5, 5.41) is 13.1. The molecule has 19 heavy (non-hydrogen) atoms. The van der Waals surface area contributed by atoms with Crippen molar-refractivity contribution in [2.45, 2.75) is 0 Å². The number of aromatic nitrogens is 3. The number of anilines is 1. The number of hydrogen-bond donors (Lipinski definition) is 1. The third-order valence-electron chi connectivity index (χ3n) is 2.90. The maximum atomic E-state index is 13.3. The molecule has 0 aliphatic rings. The summed E-state index contributed by atoms with van der Waals surface area (Å²) in [6.45, 7) is 0.